The van der Waals surface area contributed by atoms with Gasteiger partial charge in [-0.05, 0) is 40.5 Å². The minimum atomic E-state index is -0.509. The number of ether oxygens (including phenoxy) is 1. The van der Waals surface area contributed by atoms with Crippen molar-refractivity contribution in [1.82, 2.24) is 4.98 Å². The van der Waals surface area contributed by atoms with Gasteiger partial charge in [-0.3, -0.25) is 5.32 Å². The molecule has 0 bridgehead atoms. The number of nitrogens with one attached hydrogen (secondary N) is 1. The van der Waals surface area contributed by atoms with Crippen molar-refractivity contribution >= 4 is 22.6 Å². The Morgan fingerprint density at radius 2 is 2.11 bits per heavy atom. The molecule has 2 rings (SSSR count). The van der Waals surface area contributed by atoms with Crippen LogP contribution in [0.5, 0.6) is 0 Å². The van der Waals surface area contributed by atoms with Gasteiger partial charge >= 0.3 is 6.09 Å². The number of aryl methyl sites for hydroxylation is 1. The van der Waals surface area contributed by atoms with Gasteiger partial charge in [0.1, 0.15) is 5.60 Å². The molecular weight excluding hydrogens is 250 g/mol. The summed E-state index contributed by atoms with van der Waals surface area (Å²) < 4.78 is 5.18. The van der Waals surface area contributed by atoms with E-state index in [-0.39, 0.29) is 5.54 Å². The molecule has 0 aliphatic heterocycles. The third kappa shape index (κ3) is 3.00. The Bertz CT molecular complexity index is 472. The zero-order valence-electron chi connectivity index (χ0n) is 11.2. The number of nitrogens with zero attached hydrogens (tertiary/aromatic N) is 1. The van der Waals surface area contributed by atoms with Crippen LogP contribution < -0.4 is 11.1 Å². The highest BCUT2D eigenvalue weighted by Gasteiger charge is 2.43. The zero-order chi connectivity index (χ0) is 13.6. The van der Waals surface area contributed by atoms with E-state index >= 15 is 0 Å². The summed E-state index contributed by atoms with van der Waals surface area (Å²) in [6, 6.07) is 0. The predicted octanol–water partition coefficient (Wildman–Crippen LogP) is 2.75. The second-order valence-corrected chi connectivity index (χ2v) is 6.72. The maximum Gasteiger partial charge on any atom is 0.413 e. The van der Waals surface area contributed by atoms with Gasteiger partial charge in [0.15, 0.2) is 5.13 Å². The lowest BCUT2D eigenvalue weighted by Gasteiger charge is -2.18. The number of aromatic nitrogens is 1. The number of anilines is 1. The van der Waals surface area contributed by atoms with E-state index in [1.165, 1.54) is 11.3 Å². The molecule has 0 spiro atoms. The molecule has 1 aliphatic rings. The molecule has 18 heavy (non-hydrogen) atoms. The molecule has 6 heteroatoms. The van der Waals surface area contributed by atoms with E-state index < -0.39 is 11.7 Å². The molecule has 1 saturated carbocycles. The Morgan fingerprint density at radius 3 is 2.61 bits per heavy atom. The molecule has 1 fully saturated rings. The van der Waals surface area contributed by atoms with Gasteiger partial charge in [-0.1, -0.05) is 11.3 Å². The first-order valence-corrected chi connectivity index (χ1v) is 6.78. The summed E-state index contributed by atoms with van der Waals surface area (Å²) in [5.41, 5.74) is 6.31. The van der Waals surface area contributed by atoms with Gasteiger partial charge in [-0.2, -0.15) is 0 Å². The van der Waals surface area contributed by atoms with E-state index in [0.717, 1.165) is 23.4 Å². The number of hydrogen-bond acceptors (Lipinski definition) is 5. The molecule has 3 N–H and O–H groups in total. The van der Waals surface area contributed by atoms with E-state index in [2.05, 4.69) is 10.3 Å². The molecular formula is C12H19N3O2S. The van der Waals surface area contributed by atoms with E-state index in [0.29, 0.717) is 5.13 Å². The van der Waals surface area contributed by atoms with Crippen molar-refractivity contribution in [3.05, 3.63) is 10.6 Å². The molecule has 0 radical (unpaired) electrons. The number of amides is 1. The summed E-state index contributed by atoms with van der Waals surface area (Å²) in [6.07, 6.45) is 1.49. The average Bonchev–Trinajstić information content (AvgIpc) is 2.79. The molecule has 100 valence electrons. The summed E-state index contributed by atoms with van der Waals surface area (Å²) in [6.45, 7) is 7.39. The topological polar surface area (TPSA) is 77.2 Å². The highest BCUT2D eigenvalue weighted by Crippen LogP contribution is 2.47. The Labute approximate surface area is 111 Å². The van der Waals surface area contributed by atoms with Crippen molar-refractivity contribution in [3.8, 4) is 0 Å². The fourth-order valence-electron chi connectivity index (χ4n) is 1.66. The lowest BCUT2D eigenvalue weighted by Crippen LogP contribution is -2.27. The van der Waals surface area contributed by atoms with Gasteiger partial charge in [-0.25, -0.2) is 9.78 Å². The molecule has 1 aromatic rings. The molecule has 1 aromatic heterocycles. The van der Waals surface area contributed by atoms with Crippen LogP contribution in [-0.2, 0) is 10.3 Å². The Morgan fingerprint density at radius 1 is 1.50 bits per heavy atom. The van der Waals surface area contributed by atoms with Crippen LogP contribution in [0.1, 0.15) is 44.2 Å². The summed E-state index contributed by atoms with van der Waals surface area (Å²) in [5.74, 6) is 0. The lowest BCUT2D eigenvalue weighted by atomic mass is 10.2. The first-order valence-electron chi connectivity index (χ1n) is 5.96. The molecule has 0 atom stereocenters. The average molecular weight is 269 g/mol. The van der Waals surface area contributed by atoms with Gasteiger partial charge in [0.25, 0.3) is 0 Å². The Balaban J connectivity index is 2.05. The quantitative estimate of drug-likeness (QED) is 0.865. The van der Waals surface area contributed by atoms with Gasteiger partial charge in [0.2, 0.25) is 0 Å². The summed E-state index contributed by atoms with van der Waals surface area (Å²) in [7, 11) is 0. The normalized spacial score (nSPS) is 17.4. The molecule has 0 unspecified atom stereocenters. The summed E-state index contributed by atoms with van der Waals surface area (Å²) >= 11 is 1.44. The number of hydrogen-bond donors (Lipinski definition) is 2. The first-order chi connectivity index (χ1) is 8.20. The number of carbonyl (C=O) groups is 1. The van der Waals surface area contributed by atoms with Gasteiger partial charge in [-0.15, -0.1) is 0 Å². The van der Waals surface area contributed by atoms with Gasteiger partial charge < -0.3 is 10.5 Å². The van der Waals surface area contributed by atoms with Crippen molar-refractivity contribution in [3.63, 3.8) is 0 Å². The summed E-state index contributed by atoms with van der Waals surface area (Å²) in [5, 5.41) is 3.20. The monoisotopic (exact) mass is 269 g/mol. The minimum absolute atomic E-state index is 0.213. The fraction of sp³-hybridized carbons (Fsp3) is 0.667. The van der Waals surface area contributed by atoms with Crippen molar-refractivity contribution in [2.75, 3.05) is 5.32 Å². The SMILES string of the molecule is Cc1nc(NC(=O)OC(C)(C)C)sc1C1(N)CC1. The van der Waals surface area contributed by atoms with Crippen molar-refractivity contribution in [2.45, 2.75) is 51.7 Å². The maximum atomic E-state index is 11.6. The zero-order valence-corrected chi connectivity index (χ0v) is 12.0. The number of thiazole rings is 1. The standard InChI is InChI=1S/C12H19N3O2S/c1-7-8(12(13)5-6-12)18-9(14-7)15-10(16)17-11(2,3)4/h5-6,13H2,1-4H3,(H,14,15,16). The molecule has 0 aromatic carbocycles. The molecule has 0 saturated heterocycles. The van der Waals surface area contributed by atoms with Crippen molar-refractivity contribution < 1.29 is 9.53 Å². The third-order valence-corrected chi connectivity index (χ3v) is 3.94. The second-order valence-electron chi connectivity index (χ2n) is 5.72. The Kier molecular flexibility index (Phi) is 3.11. The Hall–Kier alpha value is -1.14. The molecule has 5 nitrogen and oxygen atoms in total. The van der Waals surface area contributed by atoms with Crippen LogP contribution >= 0.6 is 11.3 Å². The van der Waals surface area contributed by atoms with Crippen LogP contribution in [0.25, 0.3) is 0 Å². The predicted molar refractivity (Wildman–Crippen MR) is 71.8 cm³/mol. The largest absolute Gasteiger partial charge is 0.444 e. The third-order valence-electron chi connectivity index (χ3n) is 2.65. The first kappa shape index (κ1) is 13.3. The molecule has 1 aliphatic carbocycles. The van der Waals surface area contributed by atoms with Crippen LogP contribution in [0.4, 0.5) is 9.93 Å². The number of nitrogens with two attached hydrogens (primary N) is 1. The van der Waals surface area contributed by atoms with Gasteiger partial charge in [0.05, 0.1) is 11.2 Å². The van der Waals surface area contributed by atoms with E-state index in [1.54, 1.807) is 0 Å². The summed E-state index contributed by atoms with van der Waals surface area (Å²) in [4.78, 5) is 17.0. The molecule has 1 heterocycles. The van der Waals surface area contributed by atoms with E-state index in [1.807, 2.05) is 27.7 Å². The fourth-order valence-corrected chi connectivity index (χ4v) is 2.78. The number of carbonyl (C=O) groups excluding carboxylic acids is 1. The highest BCUT2D eigenvalue weighted by atomic mass is 32.1. The highest BCUT2D eigenvalue weighted by molar-refractivity contribution is 7.16. The van der Waals surface area contributed by atoms with E-state index in [9.17, 15) is 4.79 Å². The van der Waals surface area contributed by atoms with Crippen LogP contribution in [0.3, 0.4) is 0 Å². The van der Waals surface area contributed by atoms with Crippen LogP contribution in [0.2, 0.25) is 0 Å². The maximum absolute atomic E-state index is 11.6. The van der Waals surface area contributed by atoms with E-state index in [4.69, 9.17) is 10.5 Å². The lowest BCUT2D eigenvalue weighted by molar-refractivity contribution is 0.0636. The van der Waals surface area contributed by atoms with Crippen molar-refractivity contribution in [2.24, 2.45) is 5.73 Å². The van der Waals surface area contributed by atoms with Crippen LogP contribution in [0, 0.1) is 6.92 Å². The van der Waals surface area contributed by atoms with Gasteiger partial charge in [0, 0.05) is 4.88 Å². The number of rotatable bonds is 2. The second kappa shape index (κ2) is 4.20. The van der Waals surface area contributed by atoms with Crippen molar-refractivity contribution in [1.29, 1.82) is 0 Å². The molecule has 1 amide bonds. The smallest absolute Gasteiger partial charge is 0.413 e. The van der Waals surface area contributed by atoms with Crippen LogP contribution in [0.15, 0.2) is 0 Å². The van der Waals surface area contributed by atoms with Crippen LogP contribution in [-0.4, -0.2) is 16.7 Å². The minimum Gasteiger partial charge on any atom is -0.444 e.